The lowest BCUT2D eigenvalue weighted by Gasteiger charge is -2.39. The lowest BCUT2D eigenvalue weighted by Crippen LogP contribution is -2.52. The lowest BCUT2D eigenvalue weighted by molar-refractivity contribution is -0.124. The molecule has 24 heavy (non-hydrogen) atoms. The third kappa shape index (κ3) is 2.65. The van der Waals surface area contributed by atoms with Crippen LogP contribution < -0.4 is 5.32 Å². The topological polar surface area (TPSA) is 66.5 Å². The normalized spacial score (nSPS) is 35.2. The van der Waals surface area contributed by atoms with Crippen LogP contribution in [0.4, 0.5) is 0 Å². The molecule has 5 atom stereocenters. The monoisotopic (exact) mass is 348 g/mol. The molecule has 1 N–H and O–H groups in total. The van der Waals surface area contributed by atoms with Gasteiger partial charge in [0.2, 0.25) is 15.9 Å². The van der Waals surface area contributed by atoms with Crippen LogP contribution in [0.1, 0.15) is 25.3 Å². The average Bonchev–Trinajstić information content (AvgIpc) is 3.15. The number of sulfonamides is 1. The van der Waals surface area contributed by atoms with Crippen LogP contribution in [0.2, 0.25) is 0 Å². The van der Waals surface area contributed by atoms with E-state index < -0.39 is 10.0 Å². The molecule has 1 heterocycles. The summed E-state index contributed by atoms with van der Waals surface area (Å²) in [6.07, 6.45) is 1.89. The van der Waals surface area contributed by atoms with Crippen molar-refractivity contribution in [2.45, 2.75) is 37.6 Å². The minimum Gasteiger partial charge on any atom is -0.353 e. The second-order valence-electron chi connectivity index (χ2n) is 7.73. The zero-order valence-corrected chi connectivity index (χ0v) is 14.9. The second-order valence-corrected chi connectivity index (χ2v) is 9.67. The maximum absolute atomic E-state index is 12.8. The van der Waals surface area contributed by atoms with Gasteiger partial charge in [-0.05, 0) is 49.7 Å². The van der Waals surface area contributed by atoms with Crippen LogP contribution in [0, 0.1) is 30.6 Å². The summed E-state index contributed by atoms with van der Waals surface area (Å²) in [4.78, 5) is 12.5. The number of rotatable bonds is 4. The quantitative estimate of drug-likeness (QED) is 0.902. The van der Waals surface area contributed by atoms with Crippen molar-refractivity contribution < 1.29 is 13.2 Å². The predicted molar refractivity (Wildman–Crippen MR) is 90.7 cm³/mol. The van der Waals surface area contributed by atoms with Crippen molar-refractivity contribution in [3.63, 3.8) is 0 Å². The van der Waals surface area contributed by atoms with Crippen molar-refractivity contribution in [3.05, 3.63) is 29.8 Å². The molecule has 0 aromatic heterocycles. The van der Waals surface area contributed by atoms with Crippen molar-refractivity contribution in [2.75, 3.05) is 13.1 Å². The van der Waals surface area contributed by atoms with Gasteiger partial charge in [-0.1, -0.05) is 24.6 Å². The van der Waals surface area contributed by atoms with Gasteiger partial charge >= 0.3 is 0 Å². The maximum Gasteiger partial charge on any atom is 0.243 e. The van der Waals surface area contributed by atoms with Crippen molar-refractivity contribution >= 4 is 15.9 Å². The van der Waals surface area contributed by atoms with Crippen molar-refractivity contribution in [2.24, 2.45) is 23.7 Å². The summed E-state index contributed by atoms with van der Waals surface area (Å²) >= 11 is 0. The summed E-state index contributed by atoms with van der Waals surface area (Å²) in [5, 5.41) is 3.14. The standard InChI is InChI=1S/C18H24N2O3S/c1-11-3-5-14(6-4-11)24(22,23)20-9-13-8-17(16(13)10-20)19-18(21)15-7-12(15)2/h3-6,12-13,15-17H,7-10H2,1-2H3,(H,19,21)/t12-,13+,15-,16-,17-/m0/s1. The Morgan fingerprint density at radius 2 is 1.83 bits per heavy atom. The SMILES string of the molecule is Cc1ccc(S(=O)(=O)N2C[C@H]3C[C@H](NC(=O)[C@H]4C[C@@H]4C)[C@H]3C2)cc1. The van der Waals surface area contributed by atoms with Crippen LogP contribution in [-0.4, -0.2) is 37.8 Å². The highest BCUT2D eigenvalue weighted by Gasteiger charge is 2.51. The van der Waals surface area contributed by atoms with E-state index in [2.05, 4.69) is 12.2 Å². The maximum atomic E-state index is 12.8. The van der Waals surface area contributed by atoms with Gasteiger partial charge in [0.25, 0.3) is 0 Å². The first-order valence-electron chi connectivity index (χ1n) is 8.73. The van der Waals surface area contributed by atoms with E-state index in [0.29, 0.717) is 29.8 Å². The van der Waals surface area contributed by atoms with Crippen LogP contribution >= 0.6 is 0 Å². The van der Waals surface area contributed by atoms with Gasteiger partial charge in [0, 0.05) is 25.0 Å². The molecule has 0 bridgehead atoms. The van der Waals surface area contributed by atoms with Crippen LogP contribution in [-0.2, 0) is 14.8 Å². The molecule has 2 saturated carbocycles. The van der Waals surface area contributed by atoms with E-state index in [9.17, 15) is 13.2 Å². The Bertz CT molecular complexity index is 759. The first-order valence-corrected chi connectivity index (χ1v) is 10.2. The number of carbonyl (C=O) groups is 1. The molecule has 0 unspecified atom stereocenters. The number of hydrogen-bond acceptors (Lipinski definition) is 3. The van der Waals surface area contributed by atoms with Crippen molar-refractivity contribution in [1.29, 1.82) is 0 Å². The molecule has 5 nitrogen and oxygen atoms in total. The fourth-order valence-corrected chi connectivity index (χ4v) is 5.60. The molecule has 2 aliphatic carbocycles. The van der Waals surface area contributed by atoms with Crippen LogP contribution in [0.25, 0.3) is 0 Å². The number of carbonyl (C=O) groups excluding carboxylic acids is 1. The third-order valence-electron chi connectivity index (χ3n) is 5.96. The first kappa shape index (κ1) is 16.1. The van der Waals surface area contributed by atoms with E-state index >= 15 is 0 Å². The Balaban J connectivity index is 1.41. The number of nitrogens with zero attached hydrogens (tertiary/aromatic N) is 1. The number of aryl methyl sites for hydroxylation is 1. The largest absolute Gasteiger partial charge is 0.353 e. The van der Waals surface area contributed by atoms with E-state index in [4.69, 9.17) is 0 Å². The average molecular weight is 348 g/mol. The molecule has 4 rings (SSSR count). The summed E-state index contributed by atoms with van der Waals surface area (Å²) in [5.74, 6) is 1.49. The molecular formula is C18H24N2O3S. The fourth-order valence-electron chi connectivity index (χ4n) is 4.06. The number of fused-ring (bicyclic) bond motifs is 1. The molecule has 1 saturated heterocycles. The highest BCUT2D eigenvalue weighted by atomic mass is 32.2. The van der Waals surface area contributed by atoms with E-state index in [1.165, 1.54) is 0 Å². The summed E-state index contributed by atoms with van der Waals surface area (Å²) < 4.78 is 27.2. The summed E-state index contributed by atoms with van der Waals surface area (Å²) in [7, 11) is -3.43. The Kier molecular flexibility index (Phi) is 3.73. The number of hydrogen-bond donors (Lipinski definition) is 1. The van der Waals surface area contributed by atoms with E-state index in [0.717, 1.165) is 18.4 Å². The predicted octanol–water partition coefficient (Wildman–Crippen LogP) is 1.78. The van der Waals surface area contributed by atoms with Gasteiger partial charge in [0.15, 0.2) is 0 Å². The molecule has 130 valence electrons. The summed E-state index contributed by atoms with van der Waals surface area (Å²) in [5.41, 5.74) is 1.05. The van der Waals surface area contributed by atoms with Gasteiger partial charge in [0.05, 0.1) is 4.90 Å². The highest BCUT2D eigenvalue weighted by molar-refractivity contribution is 7.89. The summed E-state index contributed by atoms with van der Waals surface area (Å²) in [6.45, 7) is 5.14. The van der Waals surface area contributed by atoms with Gasteiger partial charge in [-0.15, -0.1) is 0 Å². The third-order valence-corrected chi connectivity index (χ3v) is 7.81. The molecule has 3 aliphatic rings. The van der Waals surface area contributed by atoms with Gasteiger partial charge < -0.3 is 5.32 Å². The van der Waals surface area contributed by atoms with Crippen molar-refractivity contribution in [1.82, 2.24) is 9.62 Å². The van der Waals surface area contributed by atoms with E-state index in [1.54, 1.807) is 16.4 Å². The molecule has 0 spiro atoms. The molecule has 1 aromatic rings. The molecule has 1 amide bonds. The molecule has 3 fully saturated rings. The molecular weight excluding hydrogens is 324 g/mol. The first-order chi connectivity index (χ1) is 11.4. The van der Waals surface area contributed by atoms with Crippen molar-refractivity contribution in [3.8, 4) is 0 Å². The van der Waals surface area contributed by atoms with E-state index in [-0.39, 0.29) is 23.8 Å². The van der Waals surface area contributed by atoms with Crippen LogP contribution in [0.15, 0.2) is 29.2 Å². The Morgan fingerprint density at radius 3 is 2.46 bits per heavy atom. The van der Waals surface area contributed by atoms with Crippen LogP contribution in [0.3, 0.4) is 0 Å². The lowest BCUT2D eigenvalue weighted by atomic mass is 9.71. The van der Waals surface area contributed by atoms with Gasteiger partial charge in [-0.25, -0.2) is 8.42 Å². The Morgan fingerprint density at radius 1 is 1.17 bits per heavy atom. The van der Waals surface area contributed by atoms with Crippen LogP contribution in [0.5, 0.6) is 0 Å². The smallest absolute Gasteiger partial charge is 0.243 e. The van der Waals surface area contributed by atoms with Gasteiger partial charge in [0.1, 0.15) is 0 Å². The molecule has 1 aromatic carbocycles. The Labute approximate surface area is 143 Å². The zero-order valence-electron chi connectivity index (χ0n) is 14.1. The minimum atomic E-state index is -3.43. The highest BCUT2D eigenvalue weighted by Crippen LogP contribution is 2.44. The molecule has 6 heteroatoms. The second kappa shape index (κ2) is 5.56. The van der Waals surface area contributed by atoms with Gasteiger partial charge in [-0.2, -0.15) is 4.31 Å². The molecule has 1 aliphatic heterocycles. The number of nitrogens with one attached hydrogen (secondary N) is 1. The fraction of sp³-hybridized carbons (Fsp3) is 0.611. The summed E-state index contributed by atoms with van der Waals surface area (Å²) in [6, 6.07) is 7.17. The van der Waals surface area contributed by atoms with Gasteiger partial charge in [-0.3, -0.25) is 4.79 Å². The minimum absolute atomic E-state index is 0.147. The number of amides is 1. The Hall–Kier alpha value is -1.40. The zero-order chi connectivity index (χ0) is 17.1. The molecule has 0 radical (unpaired) electrons. The number of benzene rings is 1. The van der Waals surface area contributed by atoms with E-state index in [1.807, 2.05) is 19.1 Å².